The van der Waals surface area contributed by atoms with Crippen LogP contribution in [0.2, 0.25) is 0 Å². The van der Waals surface area contributed by atoms with E-state index in [-0.39, 0.29) is 19.2 Å². The van der Waals surface area contributed by atoms with Gasteiger partial charge in [0.1, 0.15) is 12.2 Å². The fraction of sp³-hybridized carbons (Fsp3) is 0.864. The normalized spacial score (nSPS) is 24.8. The molecule has 1 heterocycles. The molecular formula is C22H41O6P. The first kappa shape index (κ1) is 26.4. The summed E-state index contributed by atoms with van der Waals surface area (Å²) in [7, 11) is -3.74. The predicted molar refractivity (Wildman–Crippen MR) is 116 cm³/mol. The molecule has 1 aliphatic rings. The number of ether oxygens (including phenoxy) is 1. The molecule has 0 amide bonds. The Labute approximate surface area is 176 Å². The number of carbonyl (C=O) groups is 1. The molecule has 1 rings (SSSR count). The van der Waals surface area contributed by atoms with E-state index in [1.54, 1.807) is 0 Å². The lowest BCUT2D eigenvalue weighted by Gasteiger charge is -2.29. The number of aliphatic hydroxyl groups excluding tert-OH is 1. The number of rotatable bonds is 16. The summed E-state index contributed by atoms with van der Waals surface area (Å²) in [5.41, 5.74) is 0. The van der Waals surface area contributed by atoms with Crippen molar-refractivity contribution in [3.8, 4) is 0 Å². The fourth-order valence-corrected chi connectivity index (χ4v) is 4.65. The third-order valence-electron chi connectivity index (χ3n) is 5.21. The molecule has 1 saturated heterocycles. The van der Waals surface area contributed by atoms with Crippen molar-refractivity contribution in [3.63, 3.8) is 0 Å². The molecule has 0 aromatic rings. The Balaban J connectivity index is 1.92. The molecule has 0 radical (unpaired) electrons. The average Bonchev–Trinajstić information content (AvgIpc) is 2.67. The minimum Gasteiger partial charge on any atom is -0.459 e. The lowest BCUT2D eigenvalue weighted by atomic mass is 10.1. The van der Waals surface area contributed by atoms with E-state index < -0.39 is 25.8 Å². The number of esters is 1. The van der Waals surface area contributed by atoms with Crippen LogP contribution < -0.4 is 0 Å². The van der Waals surface area contributed by atoms with Crippen molar-refractivity contribution in [1.29, 1.82) is 0 Å². The van der Waals surface area contributed by atoms with Gasteiger partial charge in [-0.2, -0.15) is 0 Å². The molecule has 2 N–H and O–H groups in total. The summed E-state index contributed by atoms with van der Waals surface area (Å²) >= 11 is 0. The standard InChI is InChI=1S/C22H41O6P/c1-2-3-4-5-6-7-8-9-10-11-12-13-14-15-16-17-22(24)28-21-19-29(25,26)27-18-20(21)23/h9-10,20-21,23H,2-8,11-19H2,1H3,(H,25,26)/b10-9-/t20-,21+/m1/s1. The second-order valence-corrected chi connectivity index (χ2v) is 9.94. The summed E-state index contributed by atoms with van der Waals surface area (Å²) in [4.78, 5) is 21.3. The zero-order chi connectivity index (χ0) is 21.4. The molecule has 0 aromatic carbocycles. The van der Waals surface area contributed by atoms with E-state index in [0.29, 0.717) is 0 Å². The summed E-state index contributed by atoms with van der Waals surface area (Å²) in [5, 5.41) is 9.71. The molecule has 0 bridgehead atoms. The number of carbonyl (C=O) groups excluding carboxylic acids is 1. The molecule has 1 aliphatic heterocycles. The molecule has 29 heavy (non-hydrogen) atoms. The van der Waals surface area contributed by atoms with E-state index in [4.69, 9.17) is 4.74 Å². The molecule has 0 spiro atoms. The van der Waals surface area contributed by atoms with Gasteiger partial charge < -0.3 is 19.3 Å². The van der Waals surface area contributed by atoms with Gasteiger partial charge in [-0.1, -0.05) is 70.4 Å². The minimum absolute atomic E-state index is 0.276. The minimum atomic E-state index is -3.74. The Kier molecular flexibility index (Phi) is 14.6. The van der Waals surface area contributed by atoms with Gasteiger partial charge in [0.2, 0.25) is 0 Å². The Morgan fingerprint density at radius 2 is 1.55 bits per heavy atom. The fourth-order valence-electron chi connectivity index (χ4n) is 3.39. The molecule has 1 fully saturated rings. The van der Waals surface area contributed by atoms with Crippen LogP contribution in [0.15, 0.2) is 12.2 Å². The van der Waals surface area contributed by atoms with Crippen LogP contribution in [0, 0.1) is 0 Å². The van der Waals surface area contributed by atoms with Crippen LogP contribution >= 0.6 is 7.60 Å². The summed E-state index contributed by atoms with van der Waals surface area (Å²) in [6, 6.07) is 0. The van der Waals surface area contributed by atoms with Gasteiger partial charge in [-0.05, 0) is 32.1 Å². The molecule has 170 valence electrons. The maximum Gasteiger partial charge on any atom is 0.332 e. The first-order valence-corrected chi connectivity index (χ1v) is 13.2. The van der Waals surface area contributed by atoms with E-state index in [0.717, 1.165) is 32.1 Å². The van der Waals surface area contributed by atoms with Gasteiger partial charge in [-0.25, -0.2) is 0 Å². The first-order chi connectivity index (χ1) is 13.9. The van der Waals surface area contributed by atoms with E-state index >= 15 is 0 Å². The number of hydrogen-bond donors (Lipinski definition) is 2. The van der Waals surface area contributed by atoms with E-state index in [2.05, 4.69) is 23.6 Å². The highest BCUT2D eigenvalue weighted by Crippen LogP contribution is 2.46. The summed E-state index contributed by atoms with van der Waals surface area (Å²) < 4.78 is 21.3. The molecule has 7 heteroatoms. The third-order valence-corrected chi connectivity index (χ3v) is 6.59. The number of aliphatic hydroxyl groups is 1. The topological polar surface area (TPSA) is 93.1 Å². The number of allylic oxidation sites excluding steroid dienone is 2. The lowest BCUT2D eigenvalue weighted by Crippen LogP contribution is -2.41. The average molecular weight is 433 g/mol. The Morgan fingerprint density at radius 1 is 1.00 bits per heavy atom. The molecule has 0 aliphatic carbocycles. The monoisotopic (exact) mass is 432 g/mol. The third kappa shape index (κ3) is 14.0. The maximum absolute atomic E-state index is 11.8. The number of hydrogen-bond acceptors (Lipinski definition) is 5. The quantitative estimate of drug-likeness (QED) is 0.145. The van der Waals surface area contributed by atoms with Crippen LogP contribution in [0.4, 0.5) is 0 Å². The molecule has 0 saturated carbocycles. The van der Waals surface area contributed by atoms with Crippen LogP contribution in [0.1, 0.15) is 96.8 Å². The maximum atomic E-state index is 11.8. The lowest BCUT2D eigenvalue weighted by molar-refractivity contribution is -0.156. The van der Waals surface area contributed by atoms with Gasteiger partial charge in [-0.15, -0.1) is 0 Å². The van der Waals surface area contributed by atoms with E-state index in [9.17, 15) is 19.4 Å². The van der Waals surface area contributed by atoms with E-state index in [1.807, 2.05) is 0 Å². The highest BCUT2D eigenvalue weighted by Gasteiger charge is 2.38. The summed E-state index contributed by atoms with van der Waals surface area (Å²) in [6.07, 6.45) is 18.1. The number of unbranched alkanes of at least 4 members (excludes halogenated alkanes) is 11. The van der Waals surface area contributed by atoms with Gasteiger partial charge >= 0.3 is 13.6 Å². The van der Waals surface area contributed by atoms with Crippen molar-refractivity contribution in [1.82, 2.24) is 0 Å². The second-order valence-electron chi connectivity index (χ2n) is 8.05. The predicted octanol–water partition coefficient (Wildman–Crippen LogP) is 5.51. The zero-order valence-electron chi connectivity index (χ0n) is 18.1. The van der Waals surface area contributed by atoms with Crippen LogP contribution in [-0.2, 0) is 18.6 Å². The van der Waals surface area contributed by atoms with Gasteiger partial charge in [0.15, 0.2) is 0 Å². The highest BCUT2D eigenvalue weighted by atomic mass is 31.2. The Morgan fingerprint density at radius 3 is 2.17 bits per heavy atom. The second kappa shape index (κ2) is 16.1. The van der Waals surface area contributed by atoms with Crippen molar-refractivity contribution in [2.24, 2.45) is 0 Å². The molecule has 1 unspecified atom stereocenters. The van der Waals surface area contributed by atoms with Crippen LogP contribution in [-0.4, -0.2) is 40.9 Å². The molecule has 3 atom stereocenters. The smallest absolute Gasteiger partial charge is 0.332 e. The Hall–Kier alpha value is -0.680. The van der Waals surface area contributed by atoms with Crippen LogP contribution in [0.25, 0.3) is 0 Å². The SMILES string of the molecule is CCCCCCCC/C=C\CCCCCCCC(=O)O[C@H]1CP(=O)(O)OC[C@H]1O. The van der Waals surface area contributed by atoms with Crippen molar-refractivity contribution in [2.75, 3.05) is 12.8 Å². The molecule has 0 aromatic heterocycles. The van der Waals surface area contributed by atoms with Crippen molar-refractivity contribution in [2.45, 2.75) is 109 Å². The van der Waals surface area contributed by atoms with E-state index in [1.165, 1.54) is 51.4 Å². The van der Waals surface area contributed by atoms with Gasteiger partial charge in [0.05, 0.1) is 12.8 Å². The first-order valence-electron chi connectivity index (χ1n) is 11.4. The van der Waals surface area contributed by atoms with Crippen molar-refractivity contribution < 1.29 is 28.6 Å². The van der Waals surface area contributed by atoms with Crippen LogP contribution in [0.3, 0.4) is 0 Å². The molecular weight excluding hydrogens is 391 g/mol. The van der Waals surface area contributed by atoms with Crippen molar-refractivity contribution >= 4 is 13.6 Å². The van der Waals surface area contributed by atoms with Crippen molar-refractivity contribution in [3.05, 3.63) is 12.2 Å². The summed E-state index contributed by atoms with van der Waals surface area (Å²) in [6.45, 7) is 1.97. The van der Waals surface area contributed by atoms with Gasteiger partial charge in [0.25, 0.3) is 0 Å². The van der Waals surface area contributed by atoms with Crippen LogP contribution in [0.5, 0.6) is 0 Å². The summed E-state index contributed by atoms with van der Waals surface area (Å²) in [5.74, 6) is -0.423. The molecule has 6 nitrogen and oxygen atoms in total. The zero-order valence-corrected chi connectivity index (χ0v) is 19.0. The highest BCUT2D eigenvalue weighted by molar-refractivity contribution is 7.52. The van der Waals surface area contributed by atoms with Gasteiger partial charge in [0, 0.05) is 6.42 Å². The van der Waals surface area contributed by atoms with Gasteiger partial charge in [-0.3, -0.25) is 9.36 Å². The largest absolute Gasteiger partial charge is 0.459 e. The Bertz CT molecular complexity index is 508.